The summed E-state index contributed by atoms with van der Waals surface area (Å²) in [6.07, 6.45) is 4.14. The molecular weight excluding hydrogens is 358 g/mol. The predicted octanol–water partition coefficient (Wildman–Crippen LogP) is 2.29. The van der Waals surface area contributed by atoms with Crippen molar-refractivity contribution in [3.05, 3.63) is 0 Å². The van der Waals surface area contributed by atoms with Crippen molar-refractivity contribution in [1.82, 2.24) is 15.5 Å². The van der Waals surface area contributed by atoms with E-state index in [1.807, 2.05) is 4.90 Å². The molecule has 0 spiro atoms. The van der Waals surface area contributed by atoms with Gasteiger partial charge in [-0.2, -0.15) is 0 Å². The first-order valence-corrected chi connectivity index (χ1v) is 10.5. The molecule has 0 aliphatic carbocycles. The second kappa shape index (κ2) is 11.3. The molecule has 0 bridgehead atoms. The highest BCUT2D eigenvalue weighted by Gasteiger charge is 2.31. The van der Waals surface area contributed by atoms with E-state index in [-0.39, 0.29) is 35.5 Å². The predicted molar refractivity (Wildman–Crippen MR) is 107 cm³/mol. The van der Waals surface area contributed by atoms with E-state index in [4.69, 9.17) is 0 Å². The van der Waals surface area contributed by atoms with Gasteiger partial charge in [0.2, 0.25) is 11.8 Å². The average molecular weight is 392 g/mol. The van der Waals surface area contributed by atoms with Crippen LogP contribution < -0.4 is 10.6 Å². The van der Waals surface area contributed by atoms with Gasteiger partial charge in [0.05, 0.1) is 11.3 Å². The molecule has 2 aliphatic heterocycles. The fraction of sp³-hybridized carbons (Fsp3) is 0.889. The summed E-state index contributed by atoms with van der Waals surface area (Å²) >= 11 is 1.75. The van der Waals surface area contributed by atoms with Crippen molar-refractivity contribution in [2.45, 2.75) is 57.7 Å². The molecule has 0 aromatic carbocycles. The monoisotopic (exact) mass is 391 g/mol. The third-order valence-electron chi connectivity index (χ3n) is 4.97. The Bertz CT molecular complexity index is 431. The molecule has 25 heavy (non-hydrogen) atoms. The number of halogens is 1. The van der Waals surface area contributed by atoms with Crippen LogP contribution in [0.2, 0.25) is 0 Å². The summed E-state index contributed by atoms with van der Waals surface area (Å²) in [5, 5.41) is 6.38. The molecule has 0 aromatic heterocycles. The second-order valence-corrected chi connectivity index (χ2v) is 8.73. The highest BCUT2D eigenvalue weighted by molar-refractivity contribution is 8.00. The zero-order valence-electron chi connectivity index (χ0n) is 15.8. The van der Waals surface area contributed by atoms with Crippen LogP contribution in [-0.4, -0.2) is 59.9 Å². The van der Waals surface area contributed by atoms with Crippen LogP contribution in [0.5, 0.6) is 0 Å². The number of thioether (sulfide) groups is 1. The molecule has 146 valence electrons. The number of amides is 2. The Balaban J connectivity index is 0.00000312. The van der Waals surface area contributed by atoms with Gasteiger partial charge in [0.25, 0.3) is 0 Å². The average Bonchev–Trinajstić information content (AvgIpc) is 3.11. The van der Waals surface area contributed by atoms with Gasteiger partial charge in [-0.1, -0.05) is 20.8 Å². The number of carbonyl (C=O) groups excluding carboxylic acids is 2. The number of nitrogens with one attached hydrogen (secondary N) is 2. The normalized spacial score (nSPS) is 24.7. The number of piperidine rings is 1. The SMILES string of the molecule is CCSC(C(=O)N1CCCC(CNC(=O)C2CCCN2)C1)C(C)C.Cl. The summed E-state index contributed by atoms with van der Waals surface area (Å²) in [6, 6.07) is -0.0161. The first-order chi connectivity index (χ1) is 11.5. The van der Waals surface area contributed by atoms with E-state index in [0.29, 0.717) is 18.4 Å². The Morgan fingerprint density at radius 3 is 2.64 bits per heavy atom. The number of likely N-dealkylation sites (tertiary alicyclic amines) is 1. The van der Waals surface area contributed by atoms with Crippen LogP contribution in [0.4, 0.5) is 0 Å². The first kappa shape index (κ1) is 22.6. The van der Waals surface area contributed by atoms with E-state index < -0.39 is 0 Å². The molecule has 3 unspecified atom stereocenters. The molecule has 3 atom stereocenters. The third kappa shape index (κ3) is 6.65. The van der Waals surface area contributed by atoms with Gasteiger partial charge in [0.15, 0.2) is 0 Å². The summed E-state index contributed by atoms with van der Waals surface area (Å²) < 4.78 is 0. The van der Waals surface area contributed by atoms with Crippen LogP contribution in [0, 0.1) is 11.8 Å². The molecule has 2 fully saturated rings. The second-order valence-electron chi connectivity index (χ2n) is 7.31. The third-order valence-corrected chi connectivity index (χ3v) is 6.41. The number of hydrogen-bond acceptors (Lipinski definition) is 4. The number of carbonyl (C=O) groups is 2. The maximum atomic E-state index is 12.8. The molecule has 5 nitrogen and oxygen atoms in total. The molecule has 2 saturated heterocycles. The molecule has 0 saturated carbocycles. The smallest absolute Gasteiger partial charge is 0.237 e. The number of nitrogens with zero attached hydrogens (tertiary/aromatic N) is 1. The van der Waals surface area contributed by atoms with Crippen LogP contribution in [0.1, 0.15) is 46.5 Å². The van der Waals surface area contributed by atoms with Crippen molar-refractivity contribution in [1.29, 1.82) is 0 Å². The van der Waals surface area contributed by atoms with Crippen LogP contribution in [-0.2, 0) is 9.59 Å². The van der Waals surface area contributed by atoms with Gasteiger partial charge in [0.1, 0.15) is 0 Å². The lowest BCUT2D eigenvalue weighted by molar-refractivity contribution is -0.133. The van der Waals surface area contributed by atoms with Crippen LogP contribution in [0.3, 0.4) is 0 Å². The minimum atomic E-state index is -0.0161. The molecule has 0 aromatic rings. The van der Waals surface area contributed by atoms with Crippen molar-refractivity contribution < 1.29 is 9.59 Å². The molecular formula is C18H34ClN3O2S. The molecule has 2 aliphatic rings. The molecule has 2 amide bonds. The zero-order valence-corrected chi connectivity index (χ0v) is 17.4. The molecule has 7 heteroatoms. The fourth-order valence-electron chi connectivity index (χ4n) is 3.62. The maximum absolute atomic E-state index is 12.8. The lowest BCUT2D eigenvalue weighted by atomic mass is 9.96. The standard InChI is InChI=1S/C18H33N3O2S.ClH/c1-4-24-16(13(2)3)18(23)21-10-6-7-14(12-21)11-20-17(22)15-8-5-9-19-15;/h13-16,19H,4-12H2,1-3H3,(H,20,22);1H. The van der Waals surface area contributed by atoms with Gasteiger partial charge in [-0.25, -0.2) is 0 Å². The Kier molecular flexibility index (Phi) is 10.2. The van der Waals surface area contributed by atoms with Gasteiger partial charge in [-0.15, -0.1) is 24.2 Å². The molecule has 0 radical (unpaired) electrons. The summed E-state index contributed by atoms with van der Waals surface area (Å²) in [5.41, 5.74) is 0. The largest absolute Gasteiger partial charge is 0.354 e. The van der Waals surface area contributed by atoms with Crippen molar-refractivity contribution in [3.63, 3.8) is 0 Å². The van der Waals surface area contributed by atoms with E-state index in [1.165, 1.54) is 0 Å². The molecule has 2 rings (SSSR count). The lowest BCUT2D eigenvalue weighted by Crippen LogP contribution is -2.49. The lowest BCUT2D eigenvalue weighted by Gasteiger charge is -2.36. The van der Waals surface area contributed by atoms with E-state index in [1.54, 1.807) is 11.8 Å². The minimum absolute atomic E-state index is 0. The van der Waals surface area contributed by atoms with Crippen LogP contribution in [0.15, 0.2) is 0 Å². The van der Waals surface area contributed by atoms with Crippen molar-refractivity contribution in [2.75, 3.05) is 31.9 Å². The Morgan fingerprint density at radius 2 is 2.04 bits per heavy atom. The van der Waals surface area contributed by atoms with E-state index in [2.05, 4.69) is 31.4 Å². The summed E-state index contributed by atoms with van der Waals surface area (Å²) in [4.78, 5) is 27.0. The topological polar surface area (TPSA) is 61.4 Å². The van der Waals surface area contributed by atoms with Crippen LogP contribution >= 0.6 is 24.2 Å². The zero-order chi connectivity index (χ0) is 17.5. The van der Waals surface area contributed by atoms with Gasteiger partial charge < -0.3 is 15.5 Å². The van der Waals surface area contributed by atoms with Gasteiger partial charge in [0, 0.05) is 19.6 Å². The minimum Gasteiger partial charge on any atom is -0.354 e. The van der Waals surface area contributed by atoms with E-state index in [0.717, 1.165) is 51.1 Å². The van der Waals surface area contributed by atoms with Crippen molar-refractivity contribution in [2.24, 2.45) is 11.8 Å². The van der Waals surface area contributed by atoms with Crippen molar-refractivity contribution >= 4 is 36.0 Å². The summed E-state index contributed by atoms with van der Waals surface area (Å²) in [5.74, 6) is 2.11. The quantitative estimate of drug-likeness (QED) is 0.699. The van der Waals surface area contributed by atoms with Crippen LogP contribution in [0.25, 0.3) is 0 Å². The Labute approximate surface area is 162 Å². The Hall–Kier alpha value is -0.460. The first-order valence-electron chi connectivity index (χ1n) is 9.44. The summed E-state index contributed by atoms with van der Waals surface area (Å²) in [7, 11) is 0. The van der Waals surface area contributed by atoms with Crippen molar-refractivity contribution in [3.8, 4) is 0 Å². The van der Waals surface area contributed by atoms with Gasteiger partial charge in [-0.3, -0.25) is 9.59 Å². The molecule has 2 heterocycles. The highest BCUT2D eigenvalue weighted by Crippen LogP contribution is 2.25. The van der Waals surface area contributed by atoms with Gasteiger partial charge >= 0.3 is 0 Å². The maximum Gasteiger partial charge on any atom is 0.237 e. The summed E-state index contributed by atoms with van der Waals surface area (Å²) in [6.45, 7) is 9.64. The number of hydrogen-bond donors (Lipinski definition) is 2. The molecule has 2 N–H and O–H groups in total. The fourth-order valence-corrected chi connectivity index (χ4v) is 4.65. The number of rotatable bonds is 7. The van der Waals surface area contributed by atoms with Gasteiger partial charge in [-0.05, 0) is 49.8 Å². The van der Waals surface area contributed by atoms with E-state index in [9.17, 15) is 9.59 Å². The Morgan fingerprint density at radius 1 is 1.28 bits per heavy atom. The highest BCUT2D eigenvalue weighted by atomic mass is 35.5. The van der Waals surface area contributed by atoms with E-state index >= 15 is 0 Å².